The SMILES string of the molecule is Cc1ccc(CN(C(=O)c2cnccn2)C(C(=O)Nc2ccc(F)cc2)c2ccc(F)cc2)cc1. The number of carbonyl (C=O) groups excluding carboxylic acids is 2. The van der Waals surface area contributed by atoms with Crippen molar-refractivity contribution in [1.29, 1.82) is 0 Å². The van der Waals surface area contributed by atoms with E-state index in [1.165, 1.54) is 72.0 Å². The molecule has 0 aliphatic carbocycles. The van der Waals surface area contributed by atoms with Crippen LogP contribution in [0.2, 0.25) is 0 Å². The van der Waals surface area contributed by atoms with Crippen molar-refractivity contribution in [2.75, 3.05) is 5.32 Å². The molecule has 35 heavy (non-hydrogen) atoms. The van der Waals surface area contributed by atoms with Crippen LogP contribution >= 0.6 is 0 Å². The highest BCUT2D eigenvalue weighted by Gasteiger charge is 2.33. The molecule has 3 aromatic carbocycles. The maximum absolute atomic E-state index is 13.7. The highest BCUT2D eigenvalue weighted by molar-refractivity contribution is 6.00. The molecule has 1 heterocycles. The van der Waals surface area contributed by atoms with Crippen molar-refractivity contribution >= 4 is 17.5 Å². The molecule has 0 bridgehead atoms. The Morgan fingerprint density at radius 2 is 1.51 bits per heavy atom. The molecule has 0 spiro atoms. The zero-order valence-electron chi connectivity index (χ0n) is 18.9. The number of nitrogens with zero attached hydrogens (tertiary/aromatic N) is 3. The van der Waals surface area contributed by atoms with Gasteiger partial charge in [0.05, 0.1) is 6.20 Å². The second-order valence-corrected chi connectivity index (χ2v) is 7.96. The van der Waals surface area contributed by atoms with Crippen LogP contribution in [0.3, 0.4) is 0 Å². The van der Waals surface area contributed by atoms with Crippen molar-refractivity contribution < 1.29 is 18.4 Å². The summed E-state index contributed by atoms with van der Waals surface area (Å²) in [5, 5.41) is 2.73. The minimum absolute atomic E-state index is 0.0568. The Bertz CT molecular complexity index is 1300. The maximum Gasteiger partial charge on any atom is 0.275 e. The van der Waals surface area contributed by atoms with Gasteiger partial charge >= 0.3 is 0 Å². The molecule has 0 saturated heterocycles. The lowest BCUT2D eigenvalue weighted by atomic mass is 10.0. The molecule has 4 rings (SSSR count). The number of carbonyl (C=O) groups is 2. The van der Waals surface area contributed by atoms with E-state index in [9.17, 15) is 18.4 Å². The molecule has 0 fully saturated rings. The average molecular weight is 472 g/mol. The fourth-order valence-corrected chi connectivity index (χ4v) is 3.59. The first-order valence-electron chi connectivity index (χ1n) is 10.8. The van der Waals surface area contributed by atoms with Crippen molar-refractivity contribution in [3.05, 3.63) is 125 Å². The van der Waals surface area contributed by atoms with E-state index in [0.717, 1.165) is 11.1 Å². The van der Waals surface area contributed by atoms with Gasteiger partial charge in [0.25, 0.3) is 11.8 Å². The summed E-state index contributed by atoms with van der Waals surface area (Å²) < 4.78 is 27.1. The molecule has 176 valence electrons. The van der Waals surface area contributed by atoms with Crippen molar-refractivity contribution in [2.24, 2.45) is 0 Å². The van der Waals surface area contributed by atoms with Crippen LogP contribution in [-0.4, -0.2) is 26.7 Å². The first kappa shape index (κ1) is 23.7. The maximum atomic E-state index is 13.7. The molecule has 6 nitrogen and oxygen atoms in total. The zero-order chi connectivity index (χ0) is 24.8. The predicted octanol–water partition coefficient (Wildman–Crippen LogP) is 5.09. The van der Waals surface area contributed by atoms with E-state index in [1.807, 2.05) is 31.2 Å². The Hall–Kier alpha value is -4.46. The molecule has 4 aromatic rings. The first-order valence-corrected chi connectivity index (χ1v) is 10.8. The second kappa shape index (κ2) is 10.6. The summed E-state index contributed by atoms with van der Waals surface area (Å²) >= 11 is 0. The summed E-state index contributed by atoms with van der Waals surface area (Å²) in [7, 11) is 0. The van der Waals surface area contributed by atoms with E-state index in [0.29, 0.717) is 11.3 Å². The minimum Gasteiger partial charge on any atom is -0.324 e. The minimum atomic E-state index is -1.14. The molecule has 8 heteroatoms. The third-order valence-electron chi connectivity index (χ3n) is 5.37. The van der Waals surface area contributed by atoms with Crippen LogP contribution in [0, 0.1) is 18.6 Å². The van der Waals surface area contributed by atoms with Crippen molar-refractivity contribution in [2.45, 2.75) is 19.5 Å². The van der Waals surface area contributed by atoms with E-state index in [4.69, 9.17) is 0 Å². The third-order valence-corrected chi connectivity index (χ3v) is 5.37. The lowest BCUT2D eigenvalue weighted by molar-refractivity contribution is -0.121. The smallest absolute Gasteiger partial charge is 0.275 e. The number of benzene rings is 3. The fraction of sp³-hybridized carbons (Fsp3) is 0.111. The third kappa shape index (κ3) is 5.92. The number of aromatic nitrogens is 2. The number of halogens is 2. The number of aryl methyl sites for hydroxylation is 1. The molecule has 1 aromatic heterocycles. The monoisotopic (exact) mass is 472 g/mol. The van der Waals surface area contributed by atoms with Gasteiger partial charge in [-0.1, -0.05) is 42.0 Å². The van der Waals surface area contributed by atoms with Crippen LogP contribution in [-0.2, 0) is 11.3 Å². The van der Waals surface area contributed by atoms with Gasteiger partial charge in [-0.15, -0.1) is 0 Å². The number of amides is 2. The predicted molar refractivity (Wildman–Crippen MR) is 127 cm³/mol. The van der Waals surface area contributed by atoms with Gasteiger partial charge in [-0.3, -0.25) is 14.6 Å². The summed E-state index contributed by atoms with van der Waals surface area (Å²) in [6, 6.07) is 17.1. The Balaban J connectivity index is 1.77. The van der Waals surface area contributed by atoms with E-state index in [1.54, 1.807) is 0 Å². The van der Waals surface area contributed by atoms with E-state index in [-0.39, 0.29) is 12.2 Å². The molecule has 1 atom stereocenters. The lowest BCUT2D eigenvalue weighted by Crippen LogP contribution is -2.41. The highest BCUT2D eigenvalue weighted by Crippen LogP contribution is 2.27. The van der Waals surface area contributed by atoms with Gasteiger partial charge in [-0.2, -0.15) is 0 Å². The molecular formula is C27H22F2N4O2. The lowest BCUT2D eigenvalue weighted by Gasteiger charge is -2.31. The first-order chi connectivity index (χ1) is 16.9. The summed E-state index contributed by atoms with van der Waals surface area (Å²) in [5.41, 5.74) is 2.64. The fourth-order valence-electron chi connectivity index (χ4n) is 3.59. The summed E-state index contributed by atoms with van der Waals surface area (Å²) in [6.45, 7) is 2.03. The molecule has 0 radical (unpaired) electrons. The van der Waals surface area contributed by atoms with Crippen molar-refractivity contribution in [3.8, 4) is 0 Å². The van der Waals surface area contributed by atoms with Gasteiger partial charge in [-0.05, 0) is 54.4 Å². The zero-order valence-corrected chi connectivity index (χ0v) is 18.9. The topological polar surface area (TPSA) is 75.2 Å². The second-order valence-electron chi connectivity index (χ2n) is 7.96. The van der Waals surface area contributed by atoms with Gasteiger partial charge < -0.3 is 10.2 Å². The Labute approximate surface area is 201 Å². The van der Waals surface area contributed by atoms with Crippen LogP contribution in [0.15, 0.2) is 91.4 Å². The Morgan fingerprint density at radius 1 is 0.886 bits per heavy atom. The summed E-state index contributed by atoms with van der Waals surface area (Å²) in [6.07, 6.45) is 4.16. The summed E-state index contributed by atoms with van der Waals surface area (Å²) in [5.74, 6) is -2.00. The number of hydrogen-bond acceptors (Lipinski definition) is 4. The molecule has 1 unspecified atom stereocenters. The number of nitrogens with one attached hydrogen (secondary N) is 1. The van der Waals surface area contributed by atoms with Crippen molar-refractivity contribution in [3.63, 3.8) is 0 Å². The van der Waals surface area contributed by atoms with Crippen LogP contribution in [0.25, 0.3) is 0 Å². The van der Waals surface area contributed by atoms with Gasteiger partial charge in [0.1, 0.15) is 23.4 Å². The van der Waals surface area contributed by atoms with E-state index in [2.05, 4.69) is 15.3 Å². The molecule has 1 N–H and O–H groups in total. The molecule has 0 saturated carbocycles. The van der Waals surface area contributed by atoms with Gasteiger partial charge in [0, 0.05) is 24.6 Å². The summed E-state index contributed by atoms with van der Waals surface area (Å²) in [4.78, 5) is 36.6. The number of rotatable bonds is 7. The van der Waals surface area contributed by atoms with Gasteiger partial charge in [0.15, 0.2) is 0 Å². The average Bonchev–Trinajstić information content (AvgIpc) is 2.87. The van der Waals surface area contributed by atoms with Crippen LogP contribution < -0.4 is 5.32 Å². The van der Waals surface area contributed by atoms with Crippen LogP contribution in [0.5, 0.6) is 0 Å². The number of hydrogen-bond donors (Lipinski definition) is 1. The van der Waals surface area contributed by atoms with Crippen LogP contribution in [0.1, 0.15) is 33.2 Å². The highest BCUT2D eigenvalue weighted by atomic mass is 19.1. The van der Waals surface area contributed by atoms with Crippen LogP contribution in [0.4, 0.5) is 14.5 Å². The Kier molecular flexibility index (Phi) is 7.21. The number of anilines is 1. The Morgan fingerprint density at radius 3 is 2.11 bits per heavy atom. The molecule has 0 aliphatic heterocycles. The quantitative estimate of drug-likeness (QED) is 0.407. The standard InChI is InChI=1S/C27H22F2N4O2/c1-18-2-4-19(5-3-18)17-33(27(35)24-16-30-14-15-31-24)25(20-6-8-21(28)9-7-20)26(34)32-23-12-10-22(29)11-13-23/h2-16,25H,17H2,1H3,(H,32,34). The largest absolute Gasteiger partial charge is 0.324 e. The van der Waals surface area contributed by atoms with Crippen molar-refractivity contribution in [1.82, 2.24) is 14.9 Å². The molecule has 0 aliphatic rings. The molecule has 2 amide bonds. The van der Waals surface area contributed by atoms with Gasteiger partial charge in [0.2, 0.25) is 0 Å². The van der Waals surface area contributed by atoms with E-state index >= 15 is 0 Å². The van der Waals surface area contributed by atoms with E-state index < -0.39 is 29.5 Å². The molecular weight excluding hydrogens is 450 g/mol. The van der Waals surface area contributed by atoms with Gasteiger partial charge in [-0.25, -0.2) is 13.8 Å². The normalized spacial score (nSPS) is 11.5.